The molecule has 1 saturated heterocycles. The Morgan fingerprint density at radius 1 is 1.47 bits per heavy atom. The molecule has 1 aromatic carbocycles. The van der Waals surface area contributed by atoms with Crippen molar-refractivity contribution in [2.75, 3.05) is 20.2 Å². The Bertz CT molecular complexity index is 573. The molecular formula is C15H20N2OS. The molecule has 0 aliphatic carbocycles. The Hall–Kier alpha value is -1.13. The number of nitrogens with zero attached hydrogens (tertiary/aromatic N) is 1. The quantitative estimate of drug-likeness (QED) is 0.930. The molecular weight excluding hydrogens is 256 g/mol. The summed E-state index contributed by atoms with van der Waals surface area (Å²) in [6.45, 7) is 4.44. The number of methoxy groups -OCH3 is 1. The molecule has 4 heteroatoms. The van der Waals surface area contributed by atoms with Gasteiger partial charge in [0, 0.05) is 12.0 Å². The molecule has 1 fully saturated rings. The topological polar surface area (TPSA) is 34.1 Å². The molecule has 3 nitrogen and oxygen atoms in total. The second-order valence-electron chi connectivity index (χ2n) is 5.31. The highest BCUT2D eigenvalue weighted by Crippen LogP contribution is 2.40. The Morgan fingerprint density at radius 3 is 3.05 bits per heavy atom. The number of nitrogens with one attached hydrogen (secondary N) is 1. The number of hydrogen-bond acceptors (Lipinski definition) is 4. The maximum atomic E-state index is 5.30. The molecule has 0 spiro atoms. The monoisotopic (exact) mass is 276 g/mol. The van der Waals surface area contributed by atoms with Gasteiger partial charge in [0.25, 0.3) is 0 Å². The third-order valence-corrected chi connectivity index (χ3v) is 5.29. The summed E-state index contributed by atoms with van der Waals surface area (Å²) in [5.41, 5.74) is 1.36. The van der Waals surface area contributed by atoms with Gasteiger partial charge in [0.15, 0.2) is 0 Å². The van der Waals surface area contributed by atoms with Crippen LogP contribution in [0.5, 0.6) is 5.75 Å². The highest BCUT2D eigenvalue weighted by molar-refractivity contribution is 7.18. The summed E-state index contributed by atoms with van der Waals surface area (Å²) in [4.78, 5) is 4.88. The van der Waals surface area contributed by atoms with Crippen LogP contribution in [-0.4, -0.2) is 25.2 Å². The summed E-state index contributed by atoms with van der Waals surface area (Å²) in [5, 5.41) is 4.80. The molecule has 19 heavy (non-hydrogen) atoms. The zero-order valence-corrected chi connectivity index (χ0v) is 12.3. The van der Waals surface area contributed by atoms with Crippen LogP contribution in [0.3, 0.4) is 0 Å². The van der Waals surface area contributed by atoms with E-state index in [4.69, 9.17) is 9.72 Å². The van der Waals surface area contributed by atoms with Gasteiger partial charge in [0.05, 0.1) is 17.3 Å². The van der Waals surface area contributed by atoms with Crippen LogP contribution in [0.4, 0.5) is 0 Å². The first-order valence-electron chi connectivity index (χ1n) is 6.93. The zero-order valence-electron chi connectivity index (χ0n) is 11.5. The first kappa shape index (κ1) is 12.9. The first-order chi connectivity index (χ1) is 9.27. The van der Waals surface area contributed by atoms with Crippen molar-refractivity contribution in [2.45, 2.75) is 31.6 Å². The molecule has 1 unspecified atom stereocenters. The van der Waals surface area contributed by atoms with Crippen LogP contribution >= 0.6 is 11.3 Å². The van der Waals surface area contributed by atoms with E-state index in [0.29, 0.717) is 0 Å². The van der Waals surface area contributed by atoms with E-state index in [9.17, 15) is 0 Å². The molecule has 1 aliphatic heterocycles. The van der Waals surface area contributed by atoms with E-state index >= 15 is 0 Å². The number of benzene rings is 1. The number of thiazole rings is 1. The summed E-state index contributed by atoms with van der Waals surface area (Å²) in [6.07, 6.45) is 3.63. The highest BCUT2D eigenvalue weighted by Gasteiger charge is 2.37. The minimum absolute atomic E-state index is 0.256. The Morgan fingerprint density at radius 2 is 2.37 bits per heavy atom. The summed E-state index contributed by atoms with van der Waals surface area (Å²) < 4.78 is 6.53. The van der Waals surface area contributed by atoms with Crippen molar-refractivity contribution in [3.05, 3.63) is 23.2 Å². The van der Waals surface area contributed by atoms with Gasteiger partial charge in [-0.15, -0.1) is 11.3 Å². The van der Waals surface area contributed by atoms with Crippen molar-refractivity contribution in [2.24, 2.45) is 0 Å². The molecule has 0 radical (unpaired) electrons. The zero-order chi connectivity index (χ0) is 13.3. The fourth-order valence-electron chi connectivity index (χ4n) is 2.98. The molecule has 102 valence electrons. The third-order valence-electron chi connectivity index (χ3n) is 4.02. The number of fused-ring (bicyclic) bond motifs is 1. The lowest BCUT2D eigenvalue weighted by Crippen LogP contribution is -2.28. The van der Waals surface area contributed by atoms with E-state index in [0.717, 1.165) is 24.4 Å². The molecule has 0 amide bonds. The minimum Gasteiger partial charge on any atom is -0.497 e. The van der Waals surface area contributed by atoms with Gasteiger partial charge in [-0.1, -0.05) is 13.3 Å². The first-order valence-corrected chi connectivity index (χ1v) is 7.75. The molecule has 3 rings (SSSR count). The predicted octanol–water partition coefficient (Wildman–Crippen LogP) is 3.34. The summed E-state index contributed by atoms with van der Waals surface area (Å²) in [5.74, 6) is 0.914. The fraction of sp³-hybridized carbons (Fsp3) is 0.533. The van der Waals surface area contributed by atoms with E-state index in [1.165, 1.54) is 29.0 Å². The standard InChI is InChI=1S/C15H20N2OS/c1-3-6-15(7-8-16-10-15)14-17-12-5-4-11(18-2)9-13(12)19-14/h4-5,9,16H,3,6-8,10H2,1-2H3. The van der Waals surface area contributed by atoms with Crippen LogP contribution in [0.1, 0.15) is 31.2 Å². The molecule has 1 aliphatic rings. The van der Waals surface area contributed by atoms with Crippen LogP contribution in [0.2, 0.25) is 0 Å². The van der Waals surface area contributed by atoms with Crippen molar-refractivity contribution in [3.8, 4) is 5.75 Å². The van der Waals surface area contributed by atoms with E-state index < -0.39 is 0 Å². The average Bonchev–Trinajstić information content (AvgIpc) is 3.05. The lowest BCUT2D eigenvalue weighted by Gasteiger charge is -2.24. The smallest absolute Gasteiger partial charge is 0.120 e. The van der Waals surface area contributed by atoms with Crippen molar-refractivity contribution < 1.29 is 4.74 Å². The van der Waals surface area contributed by atoms with Crippen molar-refractivity contribution in [3.63, 3.8) is 0 Å². The second-order valence-corrected chi connectivity index (χ2v) is 6.34. The van der Waals surface area contributed by atoms with E-state index in [1.807, 2.05) is 17.4 Å². The summed E-state index contributed by atoms with van der Waals surface area (Å²) >= 11 is 1.83. The molecule has 2 heterocycles. The summed E-state index contributed by atoms with van der Waals surface area (Å²) in [7, 11) is 1.71. The van der Waals surface area contributed by atoms with Crippen LogP contribution < -0.4 is 10.1 Å². The van der Waals surface area contributed by atoms with Crippen molar-refractivity contribution >= 4 is 21.6 Å². The highest BCUT2D eigenvalue weighted by atomic mass is 32.1. The molecule has 1 aromatic heterocycles. The van der Waals surface area contributed by atoms with Crippen molar-refractivity contribution in [1.29, 1.82) is 0 Å². The van der Waals surface area contributed by atoms with E-state index in [1.54, 1.807) is 7.11 Å². The van der Waals surface area contributed by atoms with Gasteiger partial charge >= 0.3 is 0 Å². The van der Waals surface area contributed by atoms with Crippen molar-refractivity contribution in [1.82, 2.24) is 10.3 Å². The number of rotatable bonds is 4. The van der Waals surface area contributed by atoms with Gasteiger partial charge in [-0.3, -0.25) is 0 Å². The van der Waals surface area contributed by atoms with Crippen LogP contribution in [0.25, 0.3) is 10.2 Å². The van der Waals surface area contributed by atoms with E-state index in [2.05, 4.69) is 24.4 Å². The fourth-order valence-corrected chi connectivity index (χ4v) is 4.22. The number of aromatic nitrogens is 1. The Balaban J connectivity index is 2.03. The SMILES string of the molecule is CCCC1(c2nc3ccc(OC)cc3s2)CCNC1. The molecule has 1 atom stereocenters. The second kappa shape index (κ2) is 5.10. The largest absolute Gasteiger partial charge is 0.497 e. The van der Waals surface area contributed by atoms with Crippen LogP contribution in [-0.2, 0) is 5.41 Å². The minimum atomic E-state index is 0.256. The maximum Gasteiger partial charge on any atom is 0.120 e. The van der Waals surface area contributed by atoms with Gasteiger partial charge in [0.2, 0.25) is 0 Å². The Labute approximate surface area is 118 Å². The Kier molecular flexibility index (Phi) is 3.46. The van der Waals surface area contributed by atoms with E-state index in [-0.39, 0.29) is 5.41 Å². The molecule has 2 aromatic rings. The van der Waals surface area contributed by atoms with Crippen LogP contribution in [0.15, 0.2) is 18.2 Å². The third kappa shape index (κ3) is 2.23. The number of ether oxygens (including phenoxy) is 1. The lowest BCUT2D eigenvalue weighted by molar-refractivity contribution is 0.415. The van der Waals surface area contributed by atoms with Gasteiger partial charge < -0.3 is 10.1 Å². The normalized spacial score (nSPS) is 23.1. The molecule has 1 N–H and O–H groups in total. The van der Waals surface area contributed by atoms with Gasteiger partial charge in [0.1, 0.15) is 10.8 Å². The lowest BCUT2D eigenvalue weighted by atomic mass is 9.83. The molecule has 0 saturated carbocycles. The predicted molar refractivity (Wildman–Crippen MR) is 80.2 cm³/mol. The average molecular weight is 276 g/mol. The molecule has 0 bridgehead atoms. The summed E-state index contributed by atoms with van der Waals surface area (Å²) in [6, 6.07) is 6.15. The number of hydrogen-bond donors (Lipinski definition) is 1. The van der Waals surface area contributed by atoms with Crippen LogP contribution in [0, 0.1) is 0 Å². The van der Waals surface area contributed by atoms with Gasteiger partial charge in [-0.2, -0.15) is 0 Å². The maximum absolute atomic E-state index is 5.30. The van der Waals surface area contributed by atoms with Gasteiger partial charge in [-0.05, 0) is 37.6 Å². The van der Waals surface area contributed by atoms with Gasteiger partial charge in [-0.25, -0.2) is 4.98 Å².